The predicted molar refractivity (Wildman–Crippen MR) is 235 cm³/mol. The van der Waals surface area contributed by atoms with E-state index in [1.54, 1.807) is 0 Å². The average Bonchev–Trinajstić information content (AvgIpc) is 3.16. The summed E-state index contributed by atoms with van der Waals surface area (Å²) < 4.78 is 34.2. The van der Waals surface area contributed by atoms with E-state index < -0.39 is 32.5 Å². The number of hydrogen-bond donors (Lipinski definition) is 2. The molecule has 0 fully saturated rings. The number of esters is 2. The van der Waals surface area contributed by atoms with E-state index in [0.717, 1.165) is 77.0 Å². The number of phosphoric acid groups is 1. The van der Waals surface area contributed by atoms with E-state index in [2.05, 4.69) is 61.6 Å². The van der Waals surface area contributed by atoms with Gasteiger partial charge in [0, 0.05) is 19.4 Å². The lowest BCUT2D eigenvalue weighted by atomic mass is 10.1. The lowest BCUT2D eigenvalue weighted by Crippen LogP contribution is -2.37. The number of hydrogen-bond acceptors (Lipinski definition) is 8. The second-order valence-corrected chi connectivity index (χ2v) is 17.3. The first-order valence-corrected chi connectivity index (χ1v) is 23.6. The number of carbonyl (C=O) groups excluding carboxylic acids is 2. The van der Waals surface area contributed by atoms with Crippen LogP contribution in [0.25, 0.3) is 0 Å². The molecule has 0 heterocycles. The molecule has 11 heteroatoms. The highest BCUT2D eigenvalue weighted by Crippen LogP contribution is 2.43. The van der Waals surface area contributed by atoms with E-state index >= 15 is 0 Å². The Morgan fingerprint density at radius 2 is 1.04 bits per heavy atom. The van der Waals surface area contributed by atoms with Crippen molar-refractivity contribution in [2.45, 2.75) is 167 Å². The zero-order chi connectivity index (χ0) is 42.1. The molecule has 330 valence electrons. The topological polar surface area (TPSA) is 129 Å². The summed E-state index contributed by atoms with van der Waals surface area (Å²) in [6.07, 6.45) is 44.3. The SMILES string of the molecule is CCCCCCCC/C=C\CCCCCCCC(=O)OCC(COP(=O)(O)OCC[N+](C)(C)C)OC(=O)CCC/C=C\C/C=C\C/C=C\C/C=C\CCCCCO. The summed E-state index contributed by atoms with van der Waals surface area (Å²) in [6, 6.07) is 0. The van der Waals surface area contributed by atoms with E-state index in [1.807, 2.05) is 27.2 Å². The molecule has 0 aromatic rings. The van der Waals surface area contributed by atoms with Crippen LogP contribution in [0.1, 0.15) is 161 Å². The van der Waals surface area contributed by atoms with Gasteiger partial charge in [0.2, 0.25) is 0 Å². The minimum absolute atomic E-state index is 0.0130. The third-order valence-electron chi connectivity index (χ3n) is 9.07. The maximum atomic E-state index is 12.7. The molecular formula is C46H83NO9P+. The first-order valence-electron chi connectivity index (χ1n) is 22.1. The van der Waals surface area contributed by atoms with Crippen LogP contribution < -0.4 is 0 Å². The summed E-state index contributed by atoms with van der Waals surface area (Å²) in [5.41, 5.74) is 0. The first-order chi connectivity index (χ1) is 27.5. The lowest BCUT2D eigenvalue weighted by molar-refractivity contribution is -0.870. The van der Waals surface area contributed by atoms with Gasteiger partial charge in [0.05, 0.1) is 27.7 Å². The van der Waals surface area contributed by atoms with Gasteiger partial charge < -0.3 is 24.0 Å². The second-order valence-electron chi connectivity index (χ2n) is 15.8. The number of likely N-dealkylation sites (N-methyl/N-ethyl adjacent to an activating group) is 1. The van der Waals surface area contributed by atoms with Gasteiger partial charge in [-0.3, -0.25) is 18.6 Å². The van der Waals surface area contributed by atoms with Crippen LogP contribution in [-0.2, 0) is 32.7 Å². The van der Waals surface area contributed by atoms with E-state index in [9.17, 15) is 19.0 Å². The number of ether oxygens (including phenoxy) is 2. The molecule has 0 rings (SSSR count). The van der Waals surface area contributed by atoms with Crippen LogP contribution in [0.15, 0.2) is 60.8 Å². The summed E-state index contributed by atoms with van der Waals surface area (Å²) in [7, 11) is 1.41. The highest BCUT2D eigenvalue weighted by atomic mass is 31.2. The van der Waals surface area contributed by atoms with Crippen LogP contribution in [0.2, 0.25) is 0 Å². The van der Waals surface area contributed by atoms with Gasteiger partial charge in [0.1, 0.15) is 19.8 Å². The van der Waals surface area contributed by atoms with Crippen molar-refractivity contribution in [3.63, 3.8) is 0 Å². The number of phosphoric ester groups is 1. The van der Waals surface area contributed by atoms with Crippen molar-refractivity contribution < 1.29 is 47.2 Å². The Hall–Kier alpha value is -2.33. The maximum Gasteiger partial charge on any atom is 0.472 e. The fraction of sp³-hybridized carbons (Fsp3) is 0.739. The third kappa shape index (κ3) is 43.1. The van der Waals surface area contributed by atoms with Crippen molar-refractivity contribution in [3.05, 3.63) is 60.8 Å². The maximum absolute atomic E-state index is 12.7. The standard InChI is InChI=1S/C46H82NO9P/c1-5-6-7-8-9-10-11-12-16-19-22-25-28-31-34-37-45(49)53-42-44(43-55-57(51,52)54-41-39-47(2,3)4)56-46(50)38-35-32-29-26-23-20-17-14-13-15-18-21-24-27-30-33-36-40-48/h12-13,15-17,20-21,24,26,29,44,48H,5-11,14,18-19,22-23,25,27-28,30-43H2,1-4H3/p+1/b15-13-,16-12-,20-17-,24-21-,29-26-. The molecule has 0 bridgehead atoms. The van der Waals surface area contributed by atoms with Gasteiger partial charge in [-0.2, -0.15) is 0 Å². The number of carbonyl (C=O) groups is 2. The molecule has 0 aromatic carbocycles. The molecule has 0 amide bonds. The van der Waals surface area contributed by atoms with Gasteiger partial charge >= 0.3 is 19.8 Å². The number of quaternary nitrogens is 1. The van der Waals surface area contributed by atoms with Crippen LogP contribution >= 0.6 is 7.82 Å². The Kier molecular flexibility index (Phi) is 37.5. The highest BCUT2D eigenvalue weighted by Gasteiger charge is 2.27. The summed E-state index contributed by atoms with van der Waals surface area (Å²) in [4.78, 5) is 35.3. The monoisotopic (exact) mass is 825 g/mol. The largest absolute Gasteiger partial charge is 0.472 e. The van der Waals surface area contributed by atoms with Gasteiger partial charge in [0.15, 0.2) is 6.10 Å². The van der Waals surface area contributed by atoms with Gasteiger partial charge in [-0.15, -0.1) is 0 Å². The fourth-order valence-corrected chi connectivity index (χ4v) is 6.31. The molecule has 0 saturated heterocycles. The van der Waals surface area contributed by atoms with Crippen molar-refractivity contribution in [2.24, 2.45) is 0 Å². The highest BCUT2D eigenvalue weighted by molar-refractivity contribution is 7.47. The third-order valence-corrected chi connectivity index (χ3v) is 10.1. The van der Waals surface area contributed by atoms with E-state index in [1.165, 1.54) is 44.9 Å². The van der Waals surface area contributed by atoms with Gasteiger partial charge in [0.25, 0.3) is 0 Å². The molecule has 0 aromatic heterocycles. The minimum Gasteiger partial charge on any atom is -0.462 e. The summed E-state index contributed by atoms with van der Waals surface area (Å²) in [5.74, 6) is -0.892. The Balaban J connectivity index is 4.48. The molecule has 0 saturated carbocycles. The van der Waals surface area contributed by atoms with Crippen molar-refractivity contribution in [2.75, 3.05) is 54.1 Å². The predicted octanol–water partition coefficient (Wildman–Crippen LogP) is 11.4. The molecule has 2 N–H and O–H groups in total. The van der Waals surface area contributed by atoms with Crippen LogP contribution in [0, 0.1) is 0 Å². The van der Waals surface area contributed by atoms with Crippen molar-refractivity contribution in [3.8, 4) is 0 Å². The Labute approximate surface area is 348 Å². The van der Waals surface area contributed by atoms with E-state index in [-0.39, 0.29) is 32.7 Å². The molecule has 0 aliphatic carbocycles. The van der Waals surface area contributed by atoms with Gasteiger partial charge in [-0.1, -0.05) is 125 Å². The van der Waals surface area contributed by atoms with Gasteiger partial charge in [-0.05, 0) is 83.5 Å². The van der Waals surface area contributed by atoms with Gasteiger partial charge in [-0.25, -0.2) is 4.57 Å². The van der Waals surface area contributed by atoms with Crippen LogP contribution in [0.4, 0.5) is 0 Å². The minimum atomic E-state index is -4.40. The number of nitrogens with zero attached hydrogens (tertiary/aromatic N) is 1. The molecule has 57 heavy (non-hydrogen) atoms. The molecule has 0 spiro atoms. The zero-order valence-corrected chi connectivity index (χ0v) is 37.4. The lowest BCUT2D eigenvalue weighted by Gasteiger charge is -2.24. The molecular weight excluding hydrogens is 741 g/mol. The summed E-state index contributed by atoms with van der Waals surface area (Å²) in [5, 5.41) is 8.80. The zero-order valence-electron chi connectivity index (χ0n) is 36.5. The normalized spacial score (nSPS) is 14.1. The number of aliphatic hydroxyl groups is 1. The first kappa shape index (κ1) is 54.7. The van der Waals surface area contributed by atoms with E-state index in [0.29, 0.717) is 30.3 Å². The molecule has 0 aliphatic heterocycles. The Bertz CT molecular complexity index is 1160. The average molecular weight is 825 g/mol. The quantitative estimate of drug-likeness (QED) is 0.0204. The van der Waals surface area contributed by atoms with Crippen LogP contribution in [0.5, 0.6) is 0 Å². The molecule has 0 radical (unpaired) electrons. The van der Waals surface area contributed by atoms with E-state index in [4.69, 9.17) is 23.6 Å². The molecule has 2 atom stereocenters. The number of unbranched alkanes of at least 4 members (excludes halogenated alkanes) is 15. The summed E-state index contributed by atoms with van der Waals surface area (Å²) >= 11 is 0. The van der Waals surface area contributed by atoms with Crippen molar-refractivity contribution in [1.29, 1.82) is 0 Å². The number of allylic oxidation sites excluding steroid dienone is 10. The fourth-order valence-electron chi connectivity index (χ4n) is 5.57. The van der Waals surface area contributed by atoms with Crippen molar-refractivity contribution >= 4 is 19.8 Å². The Morgan fingerprint density at radius 3 is 1.58 bits per heavy atom. The second kappa shape index (κ2) is 39.1. The molecule has 2 unspecified atom stereocenters. The number of aliphatic hydroxyl groups excluding tert-OH is 1. The summed E-state index contributed by atoms with van der Waals surface area (Å²) in [6.45, 7) is 2.33. The van der Waals surface area contributed by atoms with Crippen LogP contribution in [0.3, 0.4) is 0 Å². The Morgan fingerprint density at radius 1 is 0.579 bits per heavy atom. The van der Waals surface area contributed by atoms with Crippen LogP contribution in [-0.4, -0.2) is 86.6 Å². The molecule has 10 nitrogen and oxygen atoms in total. The van der Waals surface area contributed by atoms with Crippen molar-refractivity contribution in [1.82, 2.24) is 0 Å². The molecule has 0 aliphatic rings. The number of rotatable bonds is 40. The smallest absolute Gasteiger partial charge is 0.462 e.